The summed E-state index contributed by atoms with van der Waals surface area (Å²) in [5.41, 5.74) is 3.31. The van der Waals surface area contributed by atoms with Gasteiger partial charge in [-0.3, -0.25) is 0 Å². The van der Waals surface area contributed by atoms with E-state index in [2.05, 4.69) is 40.2 Å². The molecule has 2 aromatic rings. The summed E-state index contributed by atoms with van der Waals surface area (Å²) >= 11 is 3.47. The van der Waals surface area contributed by atoms with Crippen LogP contribution in [0.15, 0.2) is 46.9 Å². The van der Waals surface area contributed by atoms with Crippen LogP contribution in [0.4, 0.5) is 0 Å². The summed E-state index contributed by atoms with van der Waals surface area (Å²) in [6, 6.07) is 14.3. The molecule has 1 heterocycles. The zero-order valence-corrected chi connectivity index (χ0v) is 12.6. The van der Waals surface area contributed by atoms with E-state index < -0.39 is 6.10 Å². The van der Waals surface area contributed by atoms with E-state index in [0.29, 0.717) is 6.42 Å². The van der Waals surface area contributed by atoms with Crippen LogP contribution in [0.3, 0.4) is 0 Å². The van der Waals surface area contributed by atoms with Crippen LogP contribution in [0.2, 0.25) is 0 Å². The van der Waals surface area contributed by atoms with Crippen molar-refractivity contribution in [3.8, 4) is 5.75 Å². The molecule has 0 radical (unpaired) electrons. The van der Waals surface area contributed by atoms with Crippen LogP contribution in [-0.2, 0) is 12.8 Å². The van der Waals surface area contributed by atoms with Crippen molar-refractivity contribution in [2.24, 2.45) is 0 Å². The molecule has 4 rings (SSSR count). The predicted molar refractivity (Wildman–Crippen MR) is 80.9 cm³/mol. The van der Waals surface area contributed by atoms with E-state index in [1.54, 1.807) is 0 Å². The quantitative estimate of drug-likeness (QED) is 0.796. The summed E-state index contributed by atoms with van der Waals surface area (Å²) in [7, 11) is 0. The van der Waals surface area contributed by atoms with Gasteiger partial charge in [0.2, 0.25) is 0 Å². The van der Waals surface area contributed by atoms with Crippen molar-refractivity contribution in [1.82, 2.24) is 0 Å². The van der Waals surface area contributed by atoms with Gasteiger partial charge in [-0.05, 0) is 23.3 Å². The van der Waals surface area contributed by atoms with Crippen molar-refractivity contribution in [2.75, 3.05) is 0 Å². The second-order valence-electron chi connectivity index (χ2n) is 5.81. The van der Waals surface area contributed by atoms with Crippen LogP contribution in [-0.4, -0.2) is 10.7 Å². The van der Waals surface area contributed by atoms with Crippen molar-refractivity contribution in [1.29, 1.82) is 0 Å². The standard InChI is InChI=1S/C17H15BrO2/c18-13-5-6-14-15(19)10-17(20-16(14)7-13)8-11-3-1-2-4-12(11)9-17/h1-7,15,19H,8-10H2. The predicted octanol–water partition coefficient (Wildman–Crippen LogP) is 3.80. The van der Waals surface area contributed by atoms with Gasteiger partial charge in [-0.15, -0.1) is 0 Å². The molecule has 3 heteroatoms. The molecule has 1 atom stereocenters. The molecule has 0 amide bonds. The molecular formula is C17H15BrO2. The molecule has 20 heavy (non-hydrogen) atoms. The first-order valence-electron chi connectivity index (χ1n) is 6.89. The van der Waals surface area contributed by atoms with Gasteiger partial charge < -0.3 is 9.84 Å². The second-order valence-corrected chi connectivity index (χ2v) is 6.73. The Hall–Kier alpha value is -1.32. The molecule has 0 fully saturated rings. The molecular weight excluding hydrogens is 316 g/mol. The van der Waals surface area contributed by atoms with E-state index >= 15 is 0 Å². The van der Waals surface area contributed by atoms with Crippen molar-refractivity contribution >= 4 is 15.9 Å². The highest BCUT2D eigenvalue weighted by Crippen LogP contribution is 2.46. The maximum atomic E-state index is 10.5. The van der Waals surface area contributed by atoms with Gasteiger partial charge in [0.25, 0.3) is 0 Å². The minimum atomic E-state index is -0.443. The van der Waals surface area contributed by atoms with E-state index in [9.17, 15) is 5.11 Å². The summed E-state index contributed by atoms with van der Waals surface area (Å²) < 4.78 is 7.31. The third-order valence-electron chi connectivity index (χ3n) is 4.37. The van der Waals surface area contributed by atoms with Gasteiger partial charge in [0.05, 0.1) is 6.10 Å². The molecule has 0 saturated heterocycles. The Morgan fingerprint density at radius 2 is 1.80 bits per heavy atom. The summed E-state index contributed by atoms with van der Waals surface area (Å²) in [5.74, 6) is 0.811. The average Bonchev–Trinajstić information content (AvgIpc) is 2.74. The van der Waals surface area contributed by atoms with Crippen molar-refractivity contribution in [2.45, 2.75) is 31.0 Å². The maximum absolute atomic E-state index is 10.5. The number of rotatable bonds is 0. The normalized spacial score (nSPS) is 22.2. The largest absolute Gasteiger partial charge is 0.486 e. The van der Waals surface area contributed by atoms with E-state index in [4.69, 9.17) is 4.74 Å². The smallest absolute Gasteiger partial charge is 0.127 e. The van der Waals surface area contributed by atoms with Gasteiger partial charge in [-0.25, -0.2) is 0 Å². The Kier molecular flexibility index (Phi) is 2.69. The Labute approximate surface area is 126 Å². The van der Waals surface area contributed by atoms with Crippen molar-refractivity contribution < 1.29 is 9.84 Å². The molecule has 1 spiro atoms. The Bertz CT molecular complexity index is 655. The minimum Gasteiger partial charge on any atom is -0.486 e. The molecule has 0 saturated carbocycles. The Morgan fingerprint density at radius 3 is 2.50 bits per heavy atom. The lowest BCUT2D eigenvalue weighted by molar-refractivity contribution is -0.00709. The molecule has 0 bridgehead atoms. The molecule has 1 N–H and O–H groups in total. The lowest BCUT2D eigenvalue weighted by Gasteiger charge is -2.38. The van der Waals surface area contributed by atoms with Crippen molar-refractivity contribution in [3.05, 3.63) is 63.6 Å². The number of aliphatic hydroxyl groups excluding tert-OH is 1. The molecule has 102 valence electrons. The summed E-state index contributed by atoms with van der Waals surface area (Å²) in [6.07, 6.45) is 1.98. The van der Waals surface area contributed by atoms with Crippen LogP contribution >= 0.6 is 15.9 Å². The highest BCUT2D eigenvalue weighted by Gasteiger charge is 2.44. The van der Waals surface area contributed by atoms with Gasteiger partial charge in [-0.1, -0.05) is 46.3 Å². The molecule has 1 aliphatic heterocycles. The van der Waals surface area contributed by atoms with Gasteiger partial charge in [0.1, 0.15) is 11.4 Å². The minimum absolute atomic E-state index is 0.281. The van der Waals surface area contributed by atoms with E-state index in [-0.39, 0.29) is 5.60 Å². The van der Waals surface area contributed by atoms with Crippen LogP contribution in [0.1, 0.15) is 29.2 Å². The van der Waals surface area contributed by atoms with Crippen LogP contribution in [0, 0.1) is 0 Å². The van der Waals surface area contributed by atoms with E-state index in [1.165, 1.54) is 11.1 Å². The lowest BCUT2D eigenvalue weighted by Crippen LogP contribution is -2.42. The highest BCUT2D eigenvalue weighted by molar-refractivity contribution is 9.10. The monoisotopic (exact) mass is 330 g/mol. The average molecular weight is 331 g/mol. The first-order valence-corrected chi connectivity index (χ1v) is 7.68. The Balaban J connectivity index is 1.74. The summed E-state index contributed by atoms with van der Waals surface area (Å²) in [6.45, 7) is 0. The second kappa shape index (κ2) is 4.34. The third-order valence-corrected chi connectivity index (χ3v) is 4.86. The number of benzene rings is 2. The zero-order chi connectivity index (χ0) is 13.7. The summed E-state index contributed by atoms with van der Waals surface area (Å²) in [5, 5.41) is 10.5. The first-order chi connectivity index (χ1) is 9.65. The lowest BCUT2D eigenvalue weighted by atomic mass is 9.86. The maximum Gasteiger partial charge on any atom is 0.127 e. The molecule has 2 nitrogen and oxygen atoms in total. The van der Waals surface area contributed by atoms with Gasteiger partial charge in [0, 0.05) is 29.3 Å². The number of fused-ring (bicyclic) bond motifs is 2. The molecule has 2 aliphatic rings. The fourth-order valence-electron chi connectivity index (χ4n) is 3.48. The zero-order valence-electron chi connectivity index (χ0n) is 11.0. The third kappa shape index (κ3) is 1.88. The topological polar surface area (TPSA) is 29.5 Å². The van der Waals surface area contributed by atoms with Crippen LogP contribution in [0.5, 0.6) is 5.75 Å². The number of aliphatic hydroxyl groups is 1. The number of hydrogen-bond donors (Lipinski definition) is 1. The number of ether oxygens (including phenoxy) is 1. The Morgan fingerprint density at radius 1 is 1.10 bits per heavy atom. The van der Waals surface area contributed by atoms with Crippen molar-refractivity contribution in [3.63, 3.8) is 0 Å². The number of halogens is 1. The SMILES string of the molecule is OC1CC2(Cc3ccccc3C2)Oc2cc(Br)ccc21. The van der Waals surface area contributed by atoms with Gasteiger partial charge in [-0.2, -0.15) is 0 Å². The number of hydrogen-bond acceptors (Lipinski definition) is 2. The fourth-order valence-corrected chi connectivity index (χ4v) is 3.82. The molecule has 0 aromatic heterocycles. The van der Waals surface area contributed by atoms with Gasteiger partial charge in [0.15, 0.2) is 0 Å². The molecule has 1 aliphatic carbocycles. The first kappa shape index (κ1) is 12.4. The van der Waals surface area contributed by atoms with Gasteiger partial charge >= 0.3 is 0 Å². The van der Waals surface area contributed by atoms with E-state index in [1.807, 2.05) is 18.2 Å². The van der Waals surface area contributed by atoms with Crippen LogP contribution < -0.4 is 4.74 Å². The van der Waals surface area contributed by atoms with Crippen LogP contribution in [0.25, 0.3) is 0 Å². The highest BCUT2D eigenvalue weighted by atomic mass is 79.9. The molecule has 1 unspecified atom stereocenters. The summed E-state index contributed by atoms with van der Waals surface area (Å²) in [4.78, 5) is 0. The molecule has 2 aromatic carbocycles. The fraction of sp³-hybridized carbons (Fsp3) is 0.294. The van der Waals surface area contributed by atoms with E-state index in [0.717, 1.165) is 28.6 Å².